The summed E-state index contributed by atoms with van der Waals surface area (Å²) in [6.45, 7) is 1.79. The first-order valence-corrected chi connectivity index (χ1v) is 10.5. The van der Waals surface area contributed by atoms with Crippen molar-refractivity contribution in [3.8, 4) is 5.82 Å². The fourth-order valence-electron chi connectivity index (χ4n) is 3.55. The lowest BCUT2D eigenvalue weighted by molar-refractivity contribution is -0.0794. The van der Waals surface area contributed by atoms with E-state index in [0.717, 1.165) is 6.07 Å². The van der Waals surface area contributed by atoms with E-state index in [4.69, 9.17) is 17.3 Å². The standard InChI is InChI=1S/C21H21ClF3N7O/c1-11-8-27-20(29-15-5-21(24,25)6-15)31-18(11)32-9-17(28-10-32)19(33)30-16(7-26)12-2-13(22)4-14(23)3-12/h2-4,8-10,15-16H,5-7,26H2,1H3,(H,30,33)(H,27,29,31)/t16-/m0/s1. The van der Waals surface area contributed by atoms with E-state index in [1.807, 2.05) is 0 Å². The zero-order valence-electron chi connectivity index (χ0n) is 17.5. The van der Waals surface area contributed by atoms with E-state index in [0.29, 0.717) is 16.9 Å². The lowest BCUT2D eigenvalue weighted by Crippen LogP contribution is -2.44. The molecule has 4 N–H and O–H groups in total. The van der Waals surface area contributed by atoms with Crippen molar-refractivity contribution in [2.45, 2.75) is 37.8 Å². The Balaban J connectivity index is 1.49. The Morgan fingerprint density at radius 1 is 1.33 bits per heavy atom. The van der Waals surface area contributed by atoms with E-state index in [-0.39, 0.29) is 36.1 Å². The number of halogens is 4. The van der Waals surface area contributed by atoms with E-state index >= 15 is 0 Å². The molecule has 1 atom stereocenters. The van der Waals surface area contributed by atoms with Crippen LogP contribution in [0.2, 0.25) is 5.02 Å². The van der Waals surface area contributed by atoms with Crippen molar-refractivity contribution in [2.75, 3.05) is 11.9 Å². The highest BCUT2D eigenvalue weighted by Crippen LogP contribution is 2.38. The number of anilines is 1. The predicted molar refractivity (Wildman–Crippen MR) is 116 cm³/mol. The minimum Gasteiger partial charge on any atom is -0.351 e. The van der Waals surface area contributed by atoms with E-state index < -0.39 is 29.7 Å². The molecule has 1 amide bonds. The predicted octanol–water partition coefficient (Wildman–Crippen LogP) is 3.40. The van der Waals surface area contributed by atoms with Crippen LogP contribution >= 0.6 is 11.6 Å². The molecule has 8 nitrogen and oxygen atoms in total. The normalized spacial score (nSPS) is 16.2. The zero-order valence-corrected chi connectivity index (χ0v) is 18.3. The largest absolute Gasteiger partial charge is 0.351 e. The lowest BCUT2D eigenvalue weighted by Gasteiger charge is -2.35. The van der Waals surface area contributed by atoms with E-state index in [1.54, 1.807) is 13.1 Å². The van der Waals surface area contributed by atoms with Gasteiger partial charge in [-0.3, -0.25) is 9.36 Å². The molecular weight excluding hydrogens is 459 g/mol. The number of benzene rings is 1. The number of carbonyl (C=O) groups excluding carboxylic acids is 1. The van der Waals surface area contributed by atoms with Crippen LogP contribution in [0.3, 0.4) is 0 Å². The van der Waals surface area contributed by atoms with Gasteiger partial charge in [0.25, 0.3) is 11.8 Å². The van der Waals surface area contributed by atoms with Crippen molar-refractivity contribution < 1.29 is 18.0 Å². The van der Waals surface area contributed by atoms with Crippen molar-refractivity contribution in [1.29, 1.82) is 0 Å². The summed E-state index contributed by atoms with van der Waals surface area (Å²) in [5.41, 5.74) is 6.97. The molecule has 174 valence electrons. The number of amides is 1. The number of hydrogen-bond acceptors (Lipinski definition) is 6. The summed E-state index contributed by atoms with van der Waals surface area (Å²) in [4.78, 5) is 25.4. The molecule has 0 unspecified atom stereocenters. The van der Waals surface area contributed by atoms with Gasteiger partial charge in [0.2, 0.25) is 5.95 Å². The van der Waals surface area contributed by atoms with Crippen LogP contribution in [0.5, 0.6) is 0 Å². The third kappa shape index (κ3) is 5.25. The molecule has 1 saturated carbocycles. The van der Waals surface area contributed by atoms with Gasteiger partial charge in [0, 0.05) is 48.4 Å². The highest BCUT2D eigenvalue weighted by atomic mass is 35.5. The van der Waals surface area contributed by atoms with Gasteiger partial charge < -0.3 is 16.4 Å². The first-order valence-electron chi connectivity index (χ1n) is 10.1. The van der Waals surface area contributed by atoms with Gasteiger partial charge in [-0.15, -0.1) is 0 Å². The third-order valence-corrected chi connectivity index (χ3v) is 5.47. The molecule has 0 bridgehead atoms. The highest BCUT2D eigenvalue weighted by Gasteiger charge is 2.45. The Labute approximate surface area is 192 Å². The third-order valence-electron chi connectivity index (χ3n) is 5.26. The summed E-state index contributed by atoms with van der Waals surface area (Å²) in [7, 11) is 0. The molecule has 3 aromatic rings. The van der Waals surface area contributed by atoms with Crippen molar-refractivity contribution in [2.24, 2.45) is 5.73 Å². The van der Waals surface area contributed by atoms with E-state index in [9.17, 15) is 18.0 Å². The summed E-state index contributed by atoms with van der Waals surface area (Å²) < 4.78 is 41.4. The van der Waals surface area contributed by atoms with Gasteiger partial charge in [0.05, 0.1) is 6.04 Å². The molecule has 33 heavy (non-hydrogen) atoms. The maximum atomic E-state index is 13.7. The molecule has 0 saturated heterocycles. The number of imidazole rings is 1. The summed E-state index contributed by atoms with van der Waals surface area (Å²) in [5, 5.41) is 5.79. The molecule has 1 fully saturated rings. The van der Waals surface area contributed by atoms with Gasteiger partial charge >= 0.3 is 0 Å². The van der Waals surface area contributed by atoms with Gasteiger partial charge in [-0.25, -0.2) is 23.1 Å². The van der Waals surface area contributed by atoms with E-state index in [1.165, 1.54) is 29.2 Å². The average Bonchev–Trinajstić information content (AvgIpc) is 3.21. The molecule has 1 aromatic carbocycles. The number of nitrogens with one attached hydrogen (secondary N) is 2. The molecule has 2 heterocycles. The fraction of sp³-hybridized carbons (Fsp3) is 0.333. The average molecular weight is 480 g/mol. The summed E-state index contributed by atoms with van der Waals surface area (Å²) in [5.74, 6) is -3.06. The van der Waals surface area contributed by atoms with Gasteiger partial charge in [-0.2, -0.15) is 4.98 Å². The van der Waals surface area contributed by atoms with Crippen molar-refractivity contribution >= 4 is 23.5 Å². The Morgan fingerprint density at radius 2 is 2.09 bits per heavy atom. The zero-order chi connectivity index (χ0) is 23.8. The number of nitrogens with zero attached hydrogens (tertiary/aromatic N) is 4. The second kappa shape index (κ2) is 8.99. The van der Waals surface area contributed by atoms with Gasteiger partial charge in [-0.1, -0.05) is 11.6 Å². The maximum absolute atomic E-state index is 13.7. The Morgan fingerprint density at radius 3 is 2.76 bits per heavy atom. The molecule has 2 aromatic heterocycles. The van der Waals surface area contributed by atoms with Gasteiger partial charge in [-0.05, 0) is 30.7 Å². The van der Waals surface area contributed by atoms with Crippen LogP contribution in [0.1, 0.15) is 40.5 Å². The van der Waals surface area contributed by atoms with Crippen LogP contribution in [-0.2, 0) is 0 Å². The molecule has 1 aliphatic rings. The smallest absolute Gasteiger partial charge is 0.272 e. The summed E-state index contributed by atoms with van der Waals surface area (Å²) >= 11 is 5.90. The molecule has 0 aliphatic heterocycles. The van der Waals surface area contributed by atoms with Crippen LogP contribution < -0.4 is 16.4 Å². The number of rotatable bonds is 7. The number of aromatic nitrogens is 4. The Hall–Kier alpha value is -3.18. The quantitative estimate of drug-likeness (QED) is 0.479. The van der Waals surface area contributed by atoms with E-state index in [2.05, 4.69) is 25.6 Å². The fourth-order valence-corrected chi connectivity index (χ4v) is 3.78. The second-order valence-corrected chi connectivity index (χ2v) is 8.37. The number of hydrogen-bond donors (Lipinski definition) is 3. The van der Waals surface area contributed by atoms with Crippen LogP contribution in [0.4, 0.5) is 19.1 Å². The topological polar surface area (TPSA) is 111 Å². The molecule has 1 aliphatic carbocycles. The van der Waals surface area contributed by atoms with Crippen LogP contribution in [0.15, 0.2) is 36.9 Å². The Kier molecular flexibility index (Phi) is 6.26. The number of aryl methyl sites for hydroxylation is 1. The van der Waals surface area contributed by atoms with Crippen molar-refractivity contribution in [1.82, 2.24) is 24.8 Å². The maximum Gasteiger partial charge on any atom is 0.272 e. The number of alkyl halides is 2. The molecule has 0 radical (unpaired) electrons. The minimum atomic E-state index is -2.66. The van der Waals surface area contributed by atoms with Crippen LogP contribution in [-0.4, -0.2) is 43.9 Å². The second-order valence-electron chi connectivity index (χ2n) is 7.94. The highest BCUT2D eigenvalue weighted by molar-refractivity contribution is 6.30. The number of nitrogens with two attached hydrogens (primary N) is 1. The molecule has 4 rings (SSSR count). The Bertz CT molecular complexity index is 1160. The van der Waals surface area contributed by atoms with Crippen molar-refractivity contribution in [3.05, 3.63) is 64.6 Å². The lowest BCUT2D eigenvalue weighted by atomic mass is 9.88. The van der Waals surface area contributed by atoms with Crippen LogP contribution in [0.25, 0.3) is 5.82 Å². The molecule has 0 spiro atoms. The first-order chi connectivity index (χ1) is 15.6. The first kappa shape index (κ1) is 23.0. The SMILES string of the molecule is Cc1cnc(NC2CC(F)(F)C2)nc1-n1cnc(C(=O)N[C@@H](CN)c2cc(F)cc(Cl)c2)c1. The summed E-state index contributed by atoms with van der Waals surface area (Å²) in [6, 6.07) is 2.86. The monoisotopic (exact) mass is 479 g/mol. The summed E-state index contributed by atoms with van der Waals surface area (Å²) in [6.07, 6.45) is 3.89. The molecular formula is C21H21ClF3N7O. The van der Waals surface area contributed by atoms with Gasteiger partial charge in [0.1, 0.15) is 23.7 Å². The number of carbonyl (C=O) groups is 1. The van der Waals surface area contributed by atoms with Crippen LogP contribution in [0, 0.1) is 12.7 Å². The van der Waals surface area contributed by atoms with Crippen molar-refractivity contribution in [3.63, 3.8) is 0 Å². The minimum absolute atomic E-state index is 0.0203. The van der Waals surface area contributed by atoms with Gasteiger partial charge in [0.15, 0.2) is 0 Å². The molecule has 12 heteroatoms.